The summed E-state index contributed by atoms with van der Waals surface area (Å²) in [7, 11) is 1.62. The van der Waals surface area contributed by atoms with Gasteiger partial charge in [-0.3, -0.25) is 5.32 Å². The molecule has 1 aliphatic rings. The largest absolute Gasteiger partial charge is 0.462 e. The molecule has 0 fully saturated rings. The van der Waals surface area contributed by atoms with Crippen molar-refractivity contribution in [2.45, 2.75) is 13.2 Å². The summed E-state index contributed by atoms with van der Waals surface area (Å²) in [6.45, 7) is 2.32. The van der Waals surface area contributed by atoms with Gasteiger partial charge in [-0.2, -0.15) is 0 Å². The van der Waals surface area contributed by atoms with E-state index >= 15 is 0 Å². The molecule has 28 heavy (non-hydrogen) atoms. The van der Waals surface area contributed by atoms with Crippen LogP contribution in [0.4, 0.5) is 9.93 Å². The molecule has 2 heterocycles. The molecule has 1 aliphatic heterocycles. The normalized spacial score (nSPS) is 12.8. The van der Waals surface area contributed by atoms with Gasteiger partial charge in [0.05, 0.1) is 32.1 Å². The SMILES string of the molecule is COCCOCc1csc(NC(=O)N(CC2=COCO2)Cc2ccccc2)n1. The van der Waals surface area contributed by atoms with Crippen molar-refractivity contribution in [3.63, 3.8) is 0 Å². The molecule has 1 aromatic carbocycles. The van der Waals surface area contributed by atoms with Gasteiger partial charge in [0.15, 0.2) is 10.9 Å². The van der Waals surface area contributed by atoms with Crippen LogP contribution in [0.25, 0.3) is 0 Å². The molecule has 0 radical (unpaired) electrons. The number of thiazole rings is 1. The van der Waals surface area contributed by atoms with Crippen LogP contribution in [0.15, 0.2) is 47.7 Å². The number of hydrogen-bond acceptors (Lipinski definition) is 7. The number of anilines is 1. The molecule has 0 spiro atoms. The van der Waals surface area contributed by atoms with E-state index in [2.05, 4.69) is 10.3 Å². The van der Waals surface area contributed by atoms with Crippen molar-refractivity contribution in [2.75, 3.05) is 39.0 Å². The summed E-state index contributed by atoms with van der Waals surface area (Å²) >= 11 is 1.36. The lowest BCUT2D eigenvalue weighted by Gasteiger charge is -2.22. The number of carbonyl (C=O) groups is 1. The minimum atomic E-state index is -0.263. The van der Waals surface area contributed by atoms with Crippen LogP contribution < -0.4 is 5.32 Å². The third-order valence-corrected chi connectivity index (χ3v) is 4.63. The van der Waals surface area contributed by atoms with Crippen molar-refractivity contribution < 1.29 is 23.7 Å². The maximum absolute atomic E-state index is 12.8. The zero-order valence-corrected chi connectivity index (χ0v) is 16.4. The Morgan fingerprint density at radius 2 is 2.14 bits per heavy atom. The topological polar surface area (TPSA) is 82.2 Å². The molecular weight excluding hydrogens is 382 g/mol. The second kappa shape index (κ2) is 10.6. The van der Waals surface area contributed by atoms with Crippen LogP contribution in [0.5, 0.6) is 0 Å². The highest BCUT2D eigenvalue weighted by atomic mass is 32.1. The number of nitrogens with zero attached hydrogens (tertiary/aromatic N) is 2. The van der Waals surface area contributed by atoms with E-state index in [4.69, 9.17) is 18.9 Å². The minimum Gasteiger partial charge on any atom is -0.462 e. The first-order valence-corrected chi connectivity index (χ1v) is 9.67. The van der Waals surface area contributed by atoms with Gasteiger partial charge in [-0.05, 0) is 5.56 Å². The van der Waals surface area contributed by atoms with Crippen molar-refractivity contribution >= 4 is 22.5 Å². The van der Waals surface area contributed by atoms with E-state index in [-0.39, 0.29) is 12.8 Å². The third-order valence-electron chi connectivity index (χ3n) is 3.82. The average molecular weight is 405 g/mol. The van der Waals surface area contributed by atoms with Gasteiger partial charge < -0.3 is 23.8 Å². The first-order chi connectivity index (χ1) is 13.7. The summed E-state index contributed by atoms with van der Waals surface area (Å²) in [5, 5.41) is 5.23. The van der Waals surface area contributed by atoms with Gasteiger partial charge in [-0.15, -0.1) is 11.3 Å². The molecular formula is C19H23N3O5S. The van der Waals surface area contributed by atoms with E-state index in [1.54, 1.807) is 12.0 Å². The lowest BCUT2D eigenvalue weighted by atomic mass is 10.2. The molecule has 0 aliphatic carbocycles. The highest BCUT2D eigenvalue weighted by Gasteiger charge is 2.20. The summed E-state index contributed by atoms with van der Waals surface area (Å²) in [4.78, 5) is 18.9. The van der Waals surface area contributed by atoms with E-state index in [1.807, 2.05) is 35.7 Å². The van der Waals surface area contributed by atoms with Gasteiger partial charge in [0.2, 0.25) is 6.79 Å². The van der Waals surface area contributed by atoms with E-state index in [9.17, 15) is 4.79 Å². The molecule has 9 heteroatoms. The Labute approximate surface area is 167 Å². The van der Waals surface area contributed by atoms with Crippen LogP contribution in [0.3, 0.4) is 0 Å². The minimum absolute atomic E-state index is 0.176. The van der Waals surface area contributed by atoms with Crippen molar-refractivity contribution in [3.8, 4) is 0 Å². The maximum Gasteiger partial charge on any atom is 0.324 e. The molecule has 0 saturated carbocycles. The van der Waals surface area contributed by atoms with Crippen LogP contribution in [0.2, 0.25) is 0 Å². The number of ether oxygens (including phenoxy) is 4. The Balaban J connectivity index is 1.59. The van der Waals surface area contributed by atoms with Crippen LogP contribution in [-0.2, 0) is 32.1 Å². The van der Waals surface area contributed by atoms with Crippen molar-refractivity contribution in [2.24, 2.45) is 0 Å². The van der Waals surface area contributed by atoms with Gasteiger partial charge in [-0.25, -0.2) is 9.78 Å². The number of amides is 2. The Morgan fingerprint density at radius 3 is 2.89 bits per heavy atom. The lowest BCUT2D eigenvalue weighted by Crippen LogP contribution is -2.36. The van der Waals surface area contributed by atoms with Gasteiger partial charge >= 0.3 is 6.03 Å². The fraction of sp³-hybridized carbons (Fsp3) is 0.368. The van der Waals surface area contributed by atoms with E-state index in [0.717, 1.165) is 11.3 Å². The Kier molecular flexibility index (Phi) is 7.65. The molecule has 2 amide bonds. The molecule has 0 bridgehead atoms. The Hall–Kier alpha value is -2.62. The summed E-state index contributed by atoms with van der Waals surface area (Å²) in [6, 6.07) is 9.50. The summed E-state index contributed by atoms with van der Waals surface area (Å²) in [5.74, 6) is 0.609. The number of rotatable bonds is 10. The van der Waals surface area contributed by atoms with E-state index in [0.29, 0.717) is 43.8 Å². The number of aromatic nitrogens is 1. The molecule has 150 valence electrons. The standard InChI is InChI=1S/C19H23N3O5S/c1-24-7-8-25-11-16-13-28-18(20-16)21-19(23)22(10-17-12-26-14-27-17)9-15-5-3-2-4-6-15/h2-6,12-13H,7-11,14H2,1H3,(H,20,21,23). The molecule has 3 rings (SSSR count). The molecule has 0 atom stereocenters. The van der Waals surface area contributed by atoms with Crippen LogP contribution >= 0.6 is 11.3 Å². The zero-order valence-electron chi connectivity index (χ0n) is 15.6. The summed E-state index contributed by atoms with van der Waals surface area (Å²) < 4.78 is 20.8. The number of urea groups is 1. The van der Waals surface area contributed by atoms with Crippen molar-refractivity contribution in [1.82, 2.24) is 9.88 Å². The number of benzene rings is 1. The number of hydrogen-bond donors (Lipinski definition) is 1. The predicted molar refractivity (Wildman–Crippen MR) is 105 cm³/mol. The smallest absolute Gasteiger partial charge is 0.324 e. The number of carbonyl (C=O) groups excluding carboxylic acids is 1. The first kappa shape index (κ1) is 20.1. The Bertz CT molecular complexity index is 781. The predicted octanol–water partition coefficient (Wildman–Crippen LogP) is 3.19. The third kappa shape index (κ3) is 6.22. The van der Waals surface area contributed by atoms with Crippen molar-refractivity contribution in [3.05, 3.63) is 59.0 Å². The highest BCUT2D eigenvalue weighted by Crippen LogP contribution is 2.18. The van der Waals surface area contributed by atoms with Crippen LogP contribution in [0, 0.1) is 0 Å². The first-order valence-electron chi connectivity index (χ1n) is 8.79. The molecule has 0 saturated heterocycles. The summed E-state index contributed by atoms with van der Waals surface area (Å²) in [6.07, 6.45) is 1.53. The second-order valence-electron chi connectivity index (χ2n) is 5.97. The molecule has 1 aromatic heterocycles. The second-order valence-corrected chi connectivity index (χ2v) is 6.83. The monoisotopic (exact) mass is 405 g/mol. The average Bonchev–Trinajstić information content (AvgIpc) is 3.38. The van der Waals surface area contributed by atoms with Crippen LogP contribution in [-0.4, -0.2) is 49.6 Å². The fourth-order valence-corrected chi connectivity index (χ4v) is 3.15. The lowest BCUT2D eigenvalue weighted by molar-refractivity contribution is 0.0604. The zero-order chi connectivity index (χ0) is 19.6. The van der Waals surface area contributed by atoms with Gasteiger partial charge in [0.25, 0.3) is 0 Å². The highest BCUT2D eigenvalue weighted by molar-refractivity contribution is 7.13. The van der Waals surface area contributed by atoms with Gasteiger partial charge in [0, 0.05) is 19.0 Å². The molecule has 1 N–H and O–H groups in total. The van der Waals surface area contributed by atoms with E-state index < -0.39 is 0 Å². The quantitative estimate of drug-likeness (QED) is 0.612. The van der Waals surface area contributed by atoms with Gasteiger partial charge in [-0.1, -0.05) is 30.3 Å². The fourth-order valence-electron chi connectivity index (χ4n) is 2.47. The van der Waals surface area contributed by atoms with Gasteiger partial charge in [0.1, 0.15) is 6.26 Å². The Morgan fingerprint density at radius 1 is 1.29 bits per heavy atom. The maximum atomic E-state index is 12.8. The number of methoxy groups -OCH3 is 1. The van der Waals surface area contributed by atoms with E-state index in [1.165, 1.54) is 17.6 Å². The van der Waals surface area contributed by atoms with Crippen LogP contribution in [0.1, 0.15) is 11.3 Å². The van der Waals surface area contributed by atoms with Crippen molar-refractivity contribution in [1.29, 1.82) is 0 Å². The summed E-state index contributed by atoms with van der Waals surface area (Å²) in [5.41, 5.74) is 1.78. The molecule has 8 nitrogen and oxygen atoms in total. The molecule has 2 aromatic rings. The molecule has 0 unspecified atom stereocenters. The number of nitrogens with one attached hydrogen (secondary N) is 1.